The second-order valence-corrected chi connectivity index (χ2v) is 30.5. The van der Waals surface area contributed by atoms with Crippen molar-refractivity contribution in [1.82, 2.24) is 24.8 Å². The minimum absolute atomic E-state index is 0. The maximum Gasteiger partial charge on any atom is 0.474 e. The Hall–Kier alpha value is -2.19. The van der Waals surface area contributed by atoms with E-state index in [4.69, 9.17) is 92.6 Å². The van der Waals surface area contributed by atoms with Crippen LogP contribution in [0.5, 0.6) is 0 Å². The van der Waals surface area contributed by atoms with E-state index in [1.807, 2.05) is 0 Å². The summed E-state index contributed by atoms with van der Waals surface area (Å²) in [6.45, 7) is -6.08. The van der Waals surface area contributed by atoms with Gasteiger partial charge < -0.3 is 123 Å². The Balaban J connectivity index is 0.0000184. The van der Waals surface area contributed by atoms with E-state index >= 15 is 0 Å². The van der Waals surface area contributed by atoms with Crippen LogP contribution in [0.2, 0.25) is 0 Å². The number of amides is 1. The number of rotatable bonds is 45. The highest BCUT2D eigenvalue weighted by molar-refractivity contribution is 7.48. The van der Waals surface area contributed by atoms with Crippen LogP contribution in [0.3, 0.4) is 0 Å². The molecule has 50 heteroatoms. The first-order valence-corrected chi connectivity index (χ1v) is 38.1. The molecule has 6 heterocycles. The Morgan fingerprint density at radius 1 is 0.574 bits per heavy atom. The quantitative estimate of drug-likeness (QED) is 0.0186. The molecule has 2 aromatic rings. The van der Waals surface area contributed by atoms with Crippen molar-refractivity contribution < 1.29 is 191 Å². The summed E-state index contributed by atoms with van der Waals surface area (Å²) in [7, 11) is -25.8. The second kappa shape index (κ2) is 40.8. The summed E-state index contributed by atoms with van der Waals surface area (Å²) in [5.41, 5.74) is -1.08. The van der Waals surface area contributed by atoms with E-state index in [-0.39, 0.29) is 19.5 Å². The lowest BCUT2D eigenvalue weighted by Gasteiger charge is -2.42. The van der Waals surface area contributed by atoms with Crippen LogP contribution in [-0.4, -0.2) is 307 Å². The molecule has 45 nitrogen and oxygen atoms in total. The molecule has 0 radical (unpaired) electrons. The lowest BCUT2D eigenvalue weighted by Crippen LogP contribution is -2.64. The van der Waals surface area contributed by atoms with Gasteiger partial charge in [0, 0.05) is 25.2 Å². The van der Waals surface area contributed by atoms with Crippen LogP contribution in [0.4, 0.5) is 0 Å². The fourth-order valence-corrected chi connectivity index (χ4v) is 13.8. The Morgan fingerprint density at radius 2 is 1.01 bits per heavy atom. The van der Waals surface area contributed by atoms with Gasteiger partial charge in [-0.3, -0.25) is 54.6 Å². The average Bonchev–Trinajstić information content (AvgIpc) is 1.66. The SMILES string of the molecule is C.CC(=O)NC1[C@H](OCCOP(=O)(O)OCOCC(COCOP(=O)(O)OCCO[C@@H]2OC(CO)[C@H](O)[C@H](O)C2C)(COCOP(=O)(O)OCCO[C@@H]2OC(CO)[C@H](O)[C@H](O)C2C)COP(=O)(O)OC[C@H]2O[C@@H](n3cnc4c(C)ncnc43)CC2OP(=O)(O)OC(C)C)OC(CO)[C@H](O)[C@@H]1O. The summed E-state index contributed by atoms with van der Waals surface area (Å²) in [5, 5.41) is 93.1. The zero-order chi connectivity index (χ0) is 74.0. The van der Waals surface area contributed by atoms with Crippen LogP contribution in [0, 0.1) is 24.2 Å². The van der Waals surface area contributed by atoms with Gasteiger partial charge in [-0.15, -0.1) is 0 Å². The lowest BCUT2D eigenvalue weighted by atomic mass is 9.92. The number of phosphoric ester groups is 5. The number of hydrogen-bond acceptors (Lipinski definition) is 38. The molecule has 0 saturated carbocycles. The zero-order valence-electron chi connectivity index (χ0n) is 54.8. The number of carbonyl (C=O) groups is 1. The van der Waals surface area contributed by atoms with Crippen LogP contribution in [-0.2, 0) is 120 Å². The number of fused-ring (bicyclic) bond motifs is 1. The molecule has 2 aromatic heterocycles. The number of aliphatic hydroxyl groups excluding tert-OH is 9. The molecule has 101 heavy (non-hydrogen) atoms. The van der Waals surface area contributed by atoms with Crippen molar-refractivity contribution >= 4 is 56.2 Å². The number of aryl methyl sites for hydroxylation is 1. The molecule has 4 saturated heterocycles. The molecule has 15 N–H and O–H groups in total. The first-order valence-electron chi connectivity index (χ1n) is 30.6. The second-order valence-electron chi connectivity index (χ2n) is 23.3. The Bertz CT molecular complexity index is 3000. The maximum absolute atomic E-state index is 14.0. The Labute approximate surface area is 578 Å². The molecule has 6 rings (SSSR count). The highest BCUT2D eigenvalue weighted by Crippen LogP contribution is 2.52. The van der Waals surface area contributed by atoms with Gasteiger partial charge >= 0.3 is 39.1 Å². The number of aromatic nitrogens is 4. The molecule has 0 aromatic carbocycles. The molecule has 588 valence electrons. The van der Waals surface area contributed by atoms with E-state index < -0.39 is 280 Å². The van der Waals surface area contributed by atoms with Gasteiger partial charge in [0.05, 0.1) is 128 Å². The summed E-state index contributed by atoms with van der Waals surface area (Å²) in [6, 6.07) is -1.40. The highest BCUT2D eigenvalue weighted by Gasteiger charge is 2.49. The molecule has 0 spiro atoms. The van der Waals surface area contributed by atoms with E-state index in [1.165, 1.54) is 44.9 Å². The largest absolute Gasteiger partial charge is 0.474 e. The summed E-state index contributed by atoms with van der Waals surface area (Å²) >= 11 is 0. The van der Waals surface area contributed by atoms with Crippen LogP contribution >= 0.6 is 39.1 Å². The third-order valence-corrected chi connectivity index (χ3v) is 20.2. The van der Waals surface area contributed by atoms with Crippen molar-refractivity contribution in [2.45, 2.75) is 160 Å². The highest BCUT2D eigenvalue weighted by atomic mass is 31.2. The average molecular weight is 1570 g/mol. The Morgan fingerprint density at radius 3 is 1.46 bits per heavy atom. The third kappa shape index (κ3) is 27.5. The van der Waals surface area contributed by atoms with Gasteiger partial charge in [-0.1, -0.05) is 21.3 Å². The van der Waals surface area contributed by atoms with E-state index in [0.29, 0.717) is 11.2 Å². The van der Waals surface area contributed by atoms with Gasteiger partial charge in [0.2, 0.25) is 5.91 Å². The summed E-state index contributed by atoms with van der Waals surface area (Å²) in [5.74, 6) is -2.39. The van der Waals surface area contributed by atoms with E-state index in [1.54, 1.807) is 6.92 Å². The number of ether oxygens (including phenoxy) is 10. The first-order chi connectivity index (χ1) is 46.9. The third-order valence-electron chi connectivity index (χ3n) is 15.2. The molecule has 4 fully saturated rings. The fourth-order valence-electron chi connectivity index (χ4n) is 10.0. The molecule has 23 atom stereocenters. The predicted molar refractivity (Wildman–Crippen MR) is 331 cm³/mol. The van der Waals surface area contributed by atoms with Crippen LogP contribution in [0.1, 0.15) is 60.4 Å². The number of carbonyl (C=O) groups excluding carboxylic acids is 1. The van der Waals surface area contributed by atoms with Crippen molar-refractivity contribution in [3.63, 3.8) is 0 Å². The van der Waals surface area contributed by atoms with Gasteiger partial charge in [-0.2, -0.15) is 0 Å². The lowest BCUT2D eigenvalue weighted by molar-refractivity contribution is -0.283. The van der Waals surface area contributed by atoms with E-state index in [9.17, 15) is 98.0 Å². The van der Waals surface area contributed by atoms with Crippen LogP contribution in [0.15, 0.2) is 12.7 Å². The molecule has 0 bridgehead atoms. The van der Waals surface area contributed by atoms with Crippen molar-refractivity contribution in [3.8, 4) is 0 Å². The molecule has 4 aliphatic heterocycles. The number of nitrogens with zero attached hydrogens (tertiary/aromatic N) is 4. The number of nitrogens with one attached hydrogen (secondary N) is 1. The van der Waals surface area contributed by atoms with Gasteiger partial charge in [-0.05, 0) is 20.8 Å². The monoisotopic (exact) mass is 1570 g/mol. The Kier molecular flexibility index (Phi) is 36.2. The first kappa shape index (κ1) is 89.4. The van der Waals surface area contributed by atoms with Gasteiger partial charge in [0.25, 0.3) is 0 Å². The van der Waals surface area contributed by atoms with Crippen molar-refractivity contribution in [3.05, 3.63) is 18.3 Å². The van der Waals surface area contributed by atoms with Crippen LogP contribution < -0.4 is 5.32 Å². The normalized spacial score (nSPS) is 32.4. The van der Waals surface area contributed by atoms with E-state index in [2.05, 4.69) is 20.3 Å². The molecule has 0 aliphatic carbocycles. The summed E-state index contributed by atoms with van der Waals surface area (Å²) in [6.07, 6.45) is -19.4. The summed E-state index contributed by atoms with van der Waals surface area (Å²) in [4.78, 5) is 78.3. The van der Waals surface area contributed by atoms with Gasteiger partial charge in [-0.25, -0.2) is 37.8 Å². The van der Waals surface area contributed by atoms with Crippen molar-refractivity contribution in [2.24, 2.45) is 17.3 Å². The smallest absolute Gasteiger partial charge is 0.394 e. The predicted octanol–water partition coefficient (Wildman–Crippen LogP) is -2.44. The zero-order valence-corrected chi connectivity index (χ0v) is 59.2. The molecule has 12 unspecified atom stereocenters. The molecule has 4 aliphatic rings. The minimum Gasteiger partial charge on any atom is -0.394 e. The summed E-state index contributed by atoms with van der Waals surface area (Å²) < 4.78 is 175. The number of hydrogen-bond donors (Lipinski definition) is 15. The molecule has 1 amide bonds. The number of aliphatic hydroxyl groups is 9. The van der Waals surface area contributed by atoms with Crippen LogP contribution in [0.25, 0.3) is 11.2 Å². The van der Waals surface area contributed by atoms with Gasteiger partial charge in [0.15, 0.2) is 44.9 Å². The fraction of sp³-hybridized carbons (Fsp3) is 0.882. The maximum atomic E-state index is 14.0. The van der Waals surface area contributed by atoms with Gasteiger partial charge in [0.1, 0.15) is 79.0 Å². The molecular weight excluding hydrogens is 1480 g/mol. The van der Waals surface area contributed by atoms with Crippen molar-refractivity contribution in [1.29, 1.82) is 0 Å². The number of phosphoric acid groups is 5. The minimum atomic E-state index is -5.51. The standard InChI is InChI=1S/C50H90N5O40P5.CH4/c1-27(2)94-100(74,75)95-32-13-37(55-23-53-38-30(5)51-22-52-46(38)55)90-36(32)17-85-99(72,73)86-21-50(18-76-24-87-96(66,67)82-10-7-79-47-28(3)40(60)42(62)33(14-56)91-47,19-77-25-88-97(68,69)83-11-8-80-48-29(4)41(61)43(63)34(15-57)92-48)20-78-26-89-98(70,71)84-12-9-81-49-39(54-31(6)59)45(65)44(64)35(16-58)93-49;/h22-23,27-29,32-37,39-45,47-49,56-58,60-65H,7-21,24-26H2,1-6H3,(H,54,59)(H,66,67)(H,68,69)(H,70,71)(H,72,73)(H,74,75);1H4/t28?,29?,32?,33?,34?,35?,36-,37-,39?,40-,41-,42+,43+,44+,45-,47-,48-,49-,50?;/m1./s1. The topological polar surface area (TPSA) is 626 Å². The molecular formula is C51H94N5O40P5. The van der Waals surface area contributed by atoms with Crippen molar-refractivity contribution in [2.75, 3.05) is 113 Å². The number of imidazole rings is 1. The van der Waals surface area contributed by atoms with E-state index in [0.717, 1.165) is 6.92 Å².